The first-order valence-electron chi connectivity index (χ1n) is 7.55. The van der Waals surface area contributed by atoms with Gasteiger partial charge in [-0.2, -0.15) is 9.36 Å². The number of nitrogens with two attached hydrogens (primary N) is 1. The molecule has 1 aromatic rings. The van der Waals surface area contributed by atoms with E-state index < -0.39 is 0 Å². The molecule has 23 heavy (non-hydrogen) atoms. The van der Waals surface area contributed by atoms with Crippen LogP contribution in [0.4, 0.5) is 11.1 Å². The molecule has 3 heterocycles. The van der Waals surface area contributed by atoms with Crippen LogP contribution in [-0.2, 0) is 4.79 Å². The molecule has 2 aliphatic rings. The maximum Gasteiger partial charge on any atom is 0.233 e. The lowest BCUT2D eigenvalue weighted by atomic mass is 10.0. The third kappa shape index (κ3) is 5.34. The number of rotatable bonds is 4. The zero-order chi connectivity index (χ0) is 14.7. The standard InChI is InChI=1S/C13H22N6OS.2ClH/c14-12-16-13(21-17-12)19-7-5-18(6-8-19)11(20)2-1-10-3-4-15-9-10;;/h10,15H,1-9H2,(H2,14,17);2*1H. The van der Waals surface area contributed by atoms with Crippen LogP contribution >= 0.6 is 36.3 Å². The number of piperazine rings is 1. The Hall–Kier alpha value is -0.830. The number of nitrogens with zero attached hydrogens (tertiary/aromatic N) is 4. The molecule has 0 aromatic carbocycles. The fraction of sp³-hybridized carbons (Fsp3) is 0.769. The molecule has 0 aliphatic carbocycles. The van der Waals surface area contributed by atoms with Gasteiger partial charge in [-0.1, -0.05) is 0 Å². The van der Waals surface area contributed by atoms with Gasteiger partial charge in [0.05, 0.1) is 0 Å². The van der Waals surface area contributed by atoms with Crippen molar-refractivity contribution in [1.82, 2.24) is 19.6 Å². The predicted molar refractivity (Wildman–Crippen MR) is 97.8 cm³/mol. The van der Waals surface area contributed by atoms with Gasteiger partial charge in [0.1, 0.15) is 0 Å². The molecule has 1 aromatic heterocycles. The first kappa shape index (κ1) is 20.2. The highest BCUT2D eigenvalue weighted by atomic mass is 35.5. The van der Waals surface area contributed by atoms with Gasteiger partial charge < -0.3 is 20.9 Å². The highest BCUT2D eigenvalue weighted by molar-refractivity contribution is 7.09. The maximum atomic E-state index is 12.2. The topological polar surface area (TPSA) is 87.4 Å². The van der Waals surface area contributed by atoms with E-state index in [1.807, 2.05) is 4.90 Å². The largest absolute Gasteiger partial charge is 0.367 e. The Labute approximate surface area is 153 Å². The van der Waals surface area contributed by atoms with Crippen LogP contribution in [0.15, 0.2) is 0 Å². The van der Waals surface area contributed by atoms with Crippen molar-refractivity contribution in [2.24, 2.45) is 5.92 Å². The lowest BCUT2D eigenvalue weighted by molar-refractivity contribution is -0.131. The molecular formula is C13H24Cl2N6OS. The van der Waals surface area contributed by atoms with Crippen molar-refractivity contribution < 1.29 is 4.79 Å². The summed E-state index contributed by atoms with van der Waals surface area (Å²) in [6, 6.07) is 0. The molecule has 3 N–H and O–H groups in total. The summed E-state index contributed by atoms with van der Waals surface area (Å²) in [6.45, 7) is 5.32. The average Bonchev–Trinajstić information content (AvgIpc) is 3.16. The van der Waals surface area contributed by atoms with Crippen molar-refractivity contribution in [1.29, 1.82) is 0 Å². The van der Waals surface area contributed by atoms with Gasteiger partial charge in [0.15, 0.2) is 0 Å². The van der Waals surface area contributed by atoms with Gasteiger partial charge in [0, 0.05) is 44.1 Å². The Kier molecular flexibility index (Phi) is 8.32. The fourth-order valence-corrected chi connectivity index (χ4v) is 3.60. The van der Waals surface area contributed by atoms with Crippen LogP contribution in [0.2, 0.25) is 0 Å². The molecule has 0 bridgehead atoms. The summed E-state index contributed by atoms with van der Waals surface area (Å²) < 4.78 is 4.00. The van der Waals surface area contributed by atoms with Crippen LogP contribution in [0, 0.1) is 5.92 Å². The van der Waals surface area contributed by atoms with Crippen molar-refractivity contribution in [3.05, 3.63) is 0 Å². The summed E-state index contributed by atoms with van der Waals surface area (Å²) in [4.78, 5) is 20.6. The zero-order valence-corrected chi connectivity index (χ0v) is 15.4. The van der Waals surface area contributed by atoms with E-state index in [1.165, 1.54) is 18.0 Å². The SMILES string of the molecule is Cl.Cl.Nc1nsc(N2CCN(C(=O)CCC3CCNC3)CC2)n1. The lowest BCUT2D eigenvalue weighted by Crippen LogP contribution is -2.48. The summed E-state index contributed by atoms with van der Waals surface area (Å²) in [6.07, 6.45) is 2.90. The minimum absolute atomic E-state index is 0. The lowest BCUT2D eigenvalue weighted by Gasteiger charge is -2.34. The number of amides is 1. The molecular weight excluding hydrogens is 359 g/mol. The Balaban J connectivity index is 0.00000132. The van der Waals surface area contributed by atoms with E-state index >= 15 is 0 Å². The van der Waals surface area contributed by atoms with E-state index in [-0.39, 0.29) is 24.8 Å². The first-order chi connectivity index (χ1) is 10.2. The fourth-order valence-electron chi connectivity index (χ4n) is 2.95. The van der Waals surface area contributed by atoms with Gasteiger partial charge >= 0.3 is 0 Å². The molecule has 10 heteroatoms. The minimum atomic E-state index is 0. The van der Waals surface area contributed by atoms with E-state index in [9.17, 15) is 4.79 Å². The number of halogens is 2. The summed E-state index contributed by atoms with van der Waals surface area (Å²) >= 11 is 1.32. The number of hydrogen-bond donors (Lipinski definition) is 2. The van der Waals surface area contributed by atoms with E-state index in [4.69, 9.17) is 5.73 Å². The van der Waals surface area contributed by atoms with Crippen LogP contribution in [0.3, 0.4) is 0 Å². The molecule has 2 saturated heterocycles. The molecule has 0 spiro atoms. The molecule has 0 radical (unpaired) electrons. The van der Waals surface area contributed by atoms with E-state index in [0.29, 0.717) is 24.2 Å². The Morgan fingerprint density at radius 1 is 1.30 bits per heavy atom. The van der Waals surface area contributed by atoms with Gasteiger partial charge in [0.2, 0.25) is 17.0 Å². The third-order valence-electron chi connectivity index (χ3n) is 4.26. The van der Waals surface area contributed by atoms with Crippen LogP contribution in [0.25, 0.3) is 0 Å². The maximum absolute atomic E-state index is 12.2. The minimum Gasteiger partial charge on any atom is -0.367 e. The predicted octanol–water partition coefficient (Wildman–Crippen LogP) is 1.00. The molecule has 1 amide bonds. The molecule has 1 atom stereocenters. The average molecular weight is 383 g/mol. The number of nitrogens with one attached hydrogen (secondary N) is 1. The van der Waals surface area contributed by atoms with E-state index in [0.717, 1.165) is 50.8 Å². The van der Waals surface area contributed by atoms with Crippen LogP contribution < -0.4 is 16.0 Å². The normalized spacial score (nSPS) is 20.8. The van der Waals surface area contributed by atoms with Gasteiger partial charge in [-0.05, 0) is 31.8 Å². The highest BCUT2D eigenvalue weighted by Crippen LogP contribution is 2.20. The Morgan fingerprint density at radius 3 is 2.61 bits per heavy atom. The van der Waals surface area contributed by atoms with Crippen LogP contribution in [0.5, 0.6) is 0 Å². The molecule has 1 unspecified atom stereocenters. The number of hydrogen-bond acceptors (Lipinski definition) is 7. The summed E-state index contributed by atoms with van der Waals surface area (Å²) in [7, 11) is 0. The monoisotopic (exact) mass is 382 g/mol. The molecule has 2 fully saturated rings. The second-order valence-corrected chi connectivity index (χ2v) is 6.43. The number of carbonyl (C=O) groups excluding carboxylic acids is 1. The third-order valence-corrected chi connectivity index (χ3v) is 5.05. The molecule has 132 valence electrons. The van der Waals surface area contributed by atoms with Crippen molar-refractivity contribution in [3.8, 4) is 0 Å². The molecule has 7 nitrogen and oxygen atoms in total. The number of anilines is 2. The van der Waals surface area contributed by atoms with Crippen molar-refractivity contribution in [2.45, 2.75) is 19.3 Å². The number of aromatic nitrogens is 2. The summed E-state index contributed by atoms with van der Waals surface area (Å²) in [5.74, 6) is 1.30. The van der Waals surface area contributed by atoms with Crippen molar-refractivity contribution in [2.75, 3.05) is 49.9 Å². The second-order valence-electron chi connectivity index (χ2n) is 5.70. The van der Waals surface area contributed by atoms with Crippen molar-refractivity contribution >= 4 is 53.3 Å². The van der Waals surface area contributed by atoms with Gasteiger partial charge in [0.25, 0.3) is 0 Å². The van der Waals surface area contributed by atoms with Crippen molar-refractivity contribution in [3.63, 3.8) is 0 Å². The van der Waals surface area contributed by atoms with Gasteiger partial charge in [-0.25, -0.2) is 0 Å². The van der Waals surface area contributed by atoms with Crippen LogP contribution in [-0.4, -0.2) is 59.4 Å². The number of nitrogen functional groups attached to an aromatic ring is 1. The highest BCUT2D eigenvalue weighted by Gasteiger charge is 2.24. The summed E-state index contributed by atoms with van der Waals surface area (Å²) in [5, 5.41) is 4.21. The second kappa shape index (κ2) is 9.46. The van der Waals surface area contributed by atoms with Crippen LogP contribution in [0.1, 0.15) is 19.3 Å². The van der Waals surface area contributed by atoms with E-state index in [1.54, 1.807) is 0 Å². The zero-order valence-electron chi connectivity index (χ0n) is 12.9. The number of carbonyl (C=O) groups is 1. The molecule has 3 rings (SSSR count). The first-order valence-corrected chi connectivity index (χ1v) is 8.32. The summed E-state index contributed by atoms with van der Waals surface area (Å²) in [5.41, 5.74) is 5.55. The molecule has 0 saturated carbocycles. The molecule has 2 aliphatic heterocycles. The van der Waals surface area contributed by atoms with Gasteiger partial charge in [-0.3, -0.25) is 4.79 Å². The smallest absolute Gasteiger partial charge is 0.233 e. The Bertz CT molecular complexity index is 489. The van der Waals surface area contributed by atoms with E-state index in [2.05, 4.69) is 19.6 Å². The Morgan fingerprint density at radius 2 is 2.04 bits per heavy atom. The van der Waals surface area contributed by atoms with Gasteiger partial charge in [-0.15, -0.1) is 24.8 Å². The quantitative estimate of drug-likeness (QED) is 0.807.